The van der Waals surface area contributed by atoms with E-state index in [0.717, 1.165) is 19.6 Å². The highest BCUT2D eigenvalue weighted by atomic mass is 127. The van der Waals surface area contributed by atoms with Crippen LogP contribution < -0.4 is 15.5 Å². The number of guanidine groups is 1. The van der Waals surface area contributed by atoms with Crippen molar-refractivity contribution in [2.24, 2.45) is 4.99 Å². The van der Waals surface area contributed by atoms with Gasteiger partial charge in [-0.15, -0.1) is 24.0 Å². The van der Waals surface area contributed by atoms with Gasteiger partial charge in [-0.2, -0.15) is 0 Å². The lowest BCUT2D eigenvalue weighted by Gasteiger charge is -2.20. The van der Waals surface area contributed by atoms with Crippen molar-refractivity contribution in [3.63, 3.8) is 0 Å². The lowest BCUT2D eigenvalue weighted by molar-refractivity contribution is -0.127. The van der Waals surface area contributed by atoms with Gasteiger partial charge in [0, 0.05) is 46.5 Å². The highest BCUT2D eigenvalue weighted by Gasteiger charge is 2.04. The van der Waals surface area contributed by atoms with E-state index < -0.39 is 0 Å². The summed E-state index contributed by atoms with van der Waals surface area (Å²) in [6.07, 6.45) is 0. The smallest absolute Gasteiger partial charge is 0.243 e. The number of likely N-dealkylation sites (N-methyl/N-ethyl adjacent to an activating group) is 2. The first-order valence-corrected chi connectivity index (χ1v) is 7.53. The van der Waals surface area contributed by atoms with Gasteiger partial charge >= 0.3 is 0 Å². The number of para-hydroxylation sites is 1. The molecule has 1 aromatic carbocycles. The summed E-state index contributed by atoms with van der Waals surface area (Å²) in [4.78, 5) is 19.6. The number of aliphatic imine (C=N–C) groups is 1. The second kappa shape index (κ2) is 12.0. The number of hydrogen-bond acceptors (Lipinski definition) is 3. The Bertz CT molecular complexity index is 479. The summed E-state index contributed by atoms with van der Waals surface area (Å²) in [5.74, 6) is 0.651. The molecule has 1 aromatic rings. The Balaban J connectivity index is 0.00000484. The van der Waals surface area contributed by atoms with Gasteiger partial charge in [-0.1, -0.05) is 18.2 Å². The van der Waals surface area contributed by atoms with Crippen LogP contribution in [0.5, 0.6) is 0 Å². The van der Waals surface area contributed by atoms with E-state index in [-0.39, 0.29) is 36.4 Å². The quantitative estimate of drug-likeness (QED) is 0.388. The van der Waals surface area contributed by atoms with E-state index in [9.17, 15) is 4.79 Å². The minimum Gasteiger partial charge on any atom is -0.373 e. The number of anilines is 1. The van der Waals surface area contributed by atoms with Gasteiger partial charge in [-0.05, 0) is 19.1 Å². The summed E-state index contributed by atoms with van der Waals surface area (Å²) in [5, 5.41) is 6.38. The van der Waals surface area contributed by atoms with Crippen molar-refractivity contribution in [3.05, 3.63) is 30.3 Å². The third kappa shape index (κ3) is 8.63. The Labute approximate surface area is 156 Å². The van der Waals surface area contributed by atoms with Crippen LogP contribution in [0, 0.1) is 0 Å². The fourth-order valence-corrected chi connectivity index (χ4v) is 1.78. The van der Waals surface area contributed by atoms with Crippen molar-refractivity contribution in [2.45, 2.75) is 6.92 Å². The molecule has 23 heavy (non-hydrogen) atoms. The van der Waals surface area contributed by atoms with E-state index in [1.54, 1.807) is 14.1 Å². The Morgan fingerprint density at radius 3 is 2.35 bits per heavy atom. The molecule has 0 saturated carbocycles. The molecule has 1 amide bonds. The molecule has 0 atom stereocenters. The Hall–Kier alpha value is -1.51. The summed E-state index contributed by atoms with van der Waals surface area (Å²) < 4.78 is 0. The van der Waals surface area contributed by atoms with Crippen LogP contribution in [-0.4, -0.2) is 64.1 Å². The first kappa shape index (κ1) is 21.5. The molecule has 130 valence electrons. The molecule has 0 heterocycles. The van der Waals surface area contributed by atoms with Crippen LogP contribution in [0.15, 0.2) is 35.3 Å². The summed E-state index contributed by atoms with van der Waals surface area (Å²) in [6.45, 7) is 4.50. The SMILES string of the molecule is CCNC(=NCC(=O)N(C)C)NCCN(C)c1ccccc1.I. The molecule has 6 nitrogen and oxygen atoms in total. The molecule has 7 heteroatoms. The summed E-state index contributed by atoms with van der Waals surface area (Å²) in [6, 6.07) is 10.2. The molecule has 0 bridgehead atoms. The van der Waals surface area contributed by atoms with Crippen molar-refractivity contribution in [2.75, 3.05) is 52.2 Å². The minimum absolute atomic E-state index is 0. The fraction of sp³-hybridized carbons (Fsp3) is 0.500. The van der Waals surface area contributed by atoms with Crippen LogP contribution in [0.4, 0.5) is 5.69 Å². The predicted octanol–water partition coefficient (Wildman–Crippen LogP) is 1.38. The molecule has 0 radical (unpaired) electrons. The van der Waals surface area contributed by atoms with Crippen molar-refractivity contribution >= 4 is 41.5 Å². The number of carbonyl (C=O) groups is 1. The molecule has 0 aromatic heterocycles. The molecule has 0 unspecified atom stereocenters. The van der Waals surface area contributed by atoms with Crippen molar-refractivity contribution in [1.29, 1.82) is 0 Å². The van der Waals surface area contributed by atoms with Crippen LogP contribution in [-0.2, 0) is 4.79 Å². The number of amides is 1. The highest BCUT2D eigenvalue weighted by molar-refractivity contribution is 14.0. The van der Waals surface area contributed by atoms with Gasteiger partial charge in [0.2, 0.25) is 5.91 Å². The van der Waals surface area contributed by atoms with Gasteiger partial charge in [0.25, 0.3) is 0 Å². The topological polar surface area (TPSA) is 60.0 Å². The van der Waals surface area contributed by atoms with Crippen LogP contribution in [0.3, 0.4) is 0 Å². The largest absolute Gasteiger partial charge is 0.373 e. The van der Waals surface area contributed by atoms with Crippen LogP contribution >= 0.6 is 24.0 Å². The summed E-state index contributed by atoms with van der Waals surface area (Å²) in [5.41, 5.74) is 1.18. The van der Waals surface area contributed by atoms with E-state index in [1.807, 2.05) is 25.1 Å². The average Bonchev–Trinajstić information content (AvgIpc) is 2.52. The molecule has 0 fully saturated rings. The maximum atomic E-state index is 11.6. The minimum atomic E-state index is -0.0152. The zero-order chi connectivity index (χ0) is 16.4. The number of nitrogens with zero attached hydrogens (tertiary/aromatic N) is 3. The first-order valence-electron chi connectivity index (χ1n) is 7.53. The van der Waals surface area contributed by atoms with Gasteiger partial charge in [0.15, 0.2) is 5.96 Å². The van der Waals surface area contributed by atoms with Crippen molar-refractivity contribution in [3.8, 4) is 0 Å². The monoisotopic (exact) mass is 433 g/mol. The highest BCUT2D eigenvalue weighted by Crippen LogP contribution is 2.09. The van der Waals surface area contributed by atoms with Crippen LogP contribution in [0.1, 0.15) is 6.92 Å². The molecular weight excluding hydrogens is 405 g/mol. The molecule has 1 rings (SSSR count). The maximum Gasteiger partial charge on any atom is 0.243 e. The number of halogens is 1. The Morgan fingerprint density at radius 1 is 1.13 bits per heavy atom. The number of carbonyl (C=O) groups excluding carboxylic acids is 1. The zero-order valence-electron chi connectivity index (χ0n) is 14.4. The number of nitrogens with one attached hydrogen (secondary N) is 2. The Morgan fingerprint density at radius 2 is 1.78 bits per heavy atom. The summed E-state index contributed by atoms with van der Waals surface area (Å²) in [7, 11) is 5.51. The first-order chi connectivity index (χ1) is 10.5. The number of rotatable bonds is 7. The van der Waals surface area contributed by atoms with E-state index in [1.165, 1.54) is 10.6 Å². The fourth-order valence-electron chi connectivity index (χ4n) is 1.78. The molecule has 2 N–H and O–H groups in total. The van der Waals surface area contributed by atoms with Gasteiger partial charge in [-0.3, -0.25) is 4.79 Å². The van der Waals surface area contributed by atoms with Crippen molar-refractivity contribution < 1.29 is 4.79 Å². The van der Waals surface area contributed by atoms with E-state index >= 15 is 0 Å². The van der Waals surface area contributed by atoms with Crippen molar-refractivity contribution in [1.82, 2.24) is 15.5 Å². The lowest BCUT2D eigenvalue weighted by atomic mass is 10.3. The predicted molar refractivity (Wildman–Crippen MR) is 108 cm³/mol. The second-order valence-corrected chi connectivity index (χ2v) is 5.17. The molecule has 0 spiro atoms. The second-order valence-electron chi connectivity index (χ2n) is 5.17. The molecule has 0 aliphatic rings. The molecule has 0 aliphatic carbocycles. The van der Waals surface area contributed by atoms with E-state index in [2.05, 4.69) is 39.7 Å². The summed E-state index contributed by atoms with van der Waals surface area (Å²) >= 11 is 0. The van der Waals surface area contributed by atoms with Crippen LogP contribution in [0.2, 0.25) is 0 Å². The van der Waals surface area contributed by atoms with E-state index in [0.29, 0.717) is 5.96 Å². The zero-order valence-corrected chi connectivity index (χ0v) is 16.7. The molecule has 0 saturated heterocycles. The Kier molecular flexibility index (Phi) is 11.2. The van der Waals surface area contributed by atoms with Gasteiger partial charge < -0.3 is 20.4 Å². The van der Waals surface area contributed by atoms with Gasteiger partial charge in [0.1, 0.15) is 6.54 Å². The third-order valence-corrected chi connectivity index (χ3v) is 3.15. The normalized spacial score (nSPS) is 10.5. The lowest BCUT2D eigenvalue weighted by Crippen LogP contribution is -2.41. The molecular formula is C16H28IN5O. The number of benzene rings is 1. The van der Waals surface area contributed by atoms with E-state index in [4.69, 9.17) is 0 Å². The van der Waals surface area contributed by atoms with Crippen LogP contribution in [0.25, 0.3) is 0 Å². The number of hydrogen-bond donors (Lipinski definition) is 2. The standard InChI is InChI=1S/C16H27N5O.HI/c1-5-17-16(19-13-15(22)20(2)3)18-11-12-21(4)14-9-7-6-8-10-14;/h6-10H,5,11-13H2,1-4H3,(H2,17,18,19);1H. The molecule has 0 aliphatic heterocycles. The van der Waals surface area contributed by atoms with Gasteiger partial charge in [0.05, 0.1) is 0 Å². The van der Waals surface area contributed by atoms with Gasteiger partial charge in [-0.25, -0.2) is 4.99 Å². The maximum absolute atomic E-state index is 11.6. The average molecular weight is 433 g/mol. The third-order valence-electron chi connectivity index (χ3n) is 3.15.